The van der Waals surface area contributed by atoms with E-state index in [1.807, 2.05) is 11.3 Å². The van der Waals surface area contributed by atoms with Crippen molar-refractivity contribution in [3.05, 3.63) is 218 Å². The molecular weight excluding hydrogens is 685 g/mol. The third-order valence-electron chi connectivity index (χ3n) is 10.4. The van der Waals surface area contributed by atoms with Crippen LogP contribution in [0.3, 0.4) is 0 Å². The molecule has 0 aliphatic rings. The van der Waals surface area contributed by atoms with Gasteiger partial charge in [-0.3, -0.25) is 0 Å². The molecule has 2 nitrogen and oxygen atoms in total. The predicted octanol–water partition coefficient (Wildman–Crippen LogP) is 15.5. The van der Waals surface area contributed by atoms with Gasteiger partial charge in [0.25, 0.3) is 0 Å². The van der Waals surface area contributed by atoms with Gasteiger partial charge in [-0.25, -0.2) is 0 Å². The summed E-state index contributed by atoms with van der Waals surface area (Å²) in [5.41, 5.74) is 11.5. The third-order valence-corrected chi connectivity index (χ3v) is 11.6. The van der Waals surface area contributed by atoms with Crippen LogP contribution < -0.4 is 9.80 Å². The SMILES string of the molecule is c1ccc(-c2ccc(N(c3ccccc3)c3ccc(N(c4ccccc4)c4ccccc4-c4ccccc4)c4c3sc3ccc5ccccc5c34)cc2)cc1. The number of benzene rings is 9. The molecule has 0 amide bonds. The Morgan fingerprint density at radius 2 is 0.836 bits per heavy atom. The first-order valence-electron chi connectivity index (χ1n) is 18.7. The average molecular weight is 721 g/mol. The van der Waals surface area contributed by atoms with Crippen molar-refractivity contribution in [2.75, 3.05) is 9.80 Å². The summed E-state index contributed by atoms with van der Waals surface area (Å²) in [5, 5.41) is 5.01. The number of para-hydroxylation sites is 3. The van der Waals surface area contributed by atoms with E-state index in [1.165, 1.54) is 53.2 Å². The highest BCUT2D eigenvalue weighted by Gasteiger charge is 2.26. The monoisotopic (exact) mass is 720 g/mol. The minimum absolute atomic E-state index is 1.11. The Morgan fingerprint density at radius 3 is 1.55 bits per heavy atom. The summed E-state index contributed by atoms with van der Waals surface area (Å²) in [4.78, 5) is 4.88. The normalized spacial score (nSPS) is 11.3. The first kappa shape index (κ1) is 32.7. The van der Waals surface area contributed by atoms with Gasteiger partial charge in [-0.15, -0.1) is 11.3 Å². The number of hydrogen-bond acceptors (Lipinski definition) is 3. The molecule has 0 aliphatic heterocycles. The summed E-state index contributed by atoms with van der Waals surface area (Å²) in [6.45, 7) is 0. The maximum atomic E-state index is 2.46. The molecule has 9 aromatic carbocycles. The van der Waals surface area contributed by atoms with Crippen LogP contribution in [0.25, 0.3) is 53.2 Å². The lowest BCUT2D eigenvalue weighted by atomic mass is 9.99. The second-order valence-corrected chi connectivity index (χ2v) is 14.8. The quantitative estimate of drug-likeness (QED) is 0.154. The summed E-state index contributed by atoms with van der Waals surface area (Å²) in [6.07, 6.45) is 0. The molecule has 0 fully saturated rings. The average Bonchev–Trinajstić information content (AvgIpc) is 3.67. The molecule has 260 valence electrons. The van der Waals surface area contributed by atoms with Gasteiger partial charge in [-0.1, -0.05) is 158 Å². The Kier molecular flexibility index (Phi) is 8.40. The lowest BCUT2D eigenvalue weighted by molar-refractivity contribution is 1.28. The predicted molar refractivity (Wildman–Crippen MR) is 237 cm³/mol. The molecule has 0 aliphatic carbocycles. The smallest absolute Gasteiger partial charge is 0.0641 e. The highest BCUT2D eigenvalue weighted by Crippen LogP contribution is 2.53. The number of nitrogens with zero attached hydrogens (tertiary/aromatic N) is 2. The number of rotatable bonds is 8. The zero-order valence-electron chi connectivity index (χ0n) is 30.1. The molecule has 0 bridgehead atoms. The van der Waals surface area contributed by atoms with Crippen LogP contribution in [-0.4, -0.2) is 0 Å². The van der Waals surface area contributed by atoms with Gasteiger partial charge in [0.1, 0.15) is 0 Å². The topological polar surface area (TPSA) is 6.48 Å². The van der Waals surface area contributed by atoms with Gasteiger partial charge in [0.15, 0.2) is 0 Å². The van der Waals surface area contributed by atoms with Crippen LogP contribution in [0.1, 0.15) is 0 Å². The second kappa shape index (κ2) is 14.1. The van der Waals surface area contributed by atoms with E-state index >= 15 is 0 Å². The van der Waals surface area contributed by atoms with Gasteiger partial charge < -0.3 is 9.80 Å². The molecule has 0 saturated heterocycles. The molecule has 0 unspecified atom stereocenters. The zero-order valence-corrected chi connectivity index (χ0v) is 30.9. The van der Waals surface area contributed by atoms with Crippen LogP contribution in [0.2, 0.25) is 0 Å². The van der Waals surface area contributed by atoms with E-state index in [2.05, 4.69) is 228 Å². The Labute approximate surface area is 325 Å². The van der Waals surface area contributed by atoms with Gasteiger partial charge in [0.2, 0.25) is 0 Å². The summed E-state index contributed by atoms with van der Waals surface area (Å²) in [7, 11) is 0. The summed E-state index contributed by atoms with van der Waals surface area (Å²) in [5.74, 6) is 0. The van der Waals surface area contributed by atoms with Gasteiger partial charge in [0, 0.05) is 38.1 Å². The fraction of sp³-hybridized carbons (Fsp3) is 0. The maximum absolute atomic E-state index is 2.46. The van der Waals surface area contributed by atoms with E-state index in [-0.39, 0.29) is 0 Å². The highest BCUT2D eigenvalue weighted by molar-refractivity contribution is 7.26. The van der Waals surface area contributed by atoms with Crippen molar-refractivity contribution in [2.45, 2.75) is 0 Å². The van der Waals surface area contributed by atoms with Gasteiger partial charge in [-0.05, 0) is 88.1 Å². The fourth-order valence-corrected chi connectivity index (χ4v) is 9.17. The van der Waals surface area contributed by atoms with Crippen molar-refractivity contribution >= 4 is 76.4 Å². The number of thiophene rings is 1. The van der Waals surface area contributed by atoms with Gasteiger partial charge in [-0.2, -0.15) is 0 Å². The van der Waals surface area contributed by atoms with Crippen molar-refractivity contribution in [1.82, 2.24) is 0 Å². The van der Waals surface area contributed by atoms with E-state index in [4.69, 9.17) is 0 Å². The minimum atomic E-state index is 1.11. The molecule has 0 atom stereocenters. The van der Waals surface area contributed by atoms with E-state index < -0.39 is 0 Å². The van der Waals surface area contributed by atoms with Crippen LogP contribution in [0.5, 0.6) is 0 Å². The summed E-state index contributed by atoms with van der Waals surface area (Å²) < 4.78 is 2.50. The maximum Gasteiger partial charge on any atom is 0.0641 e. The first-order chi connectivity index (χ1) is 27.3. The Bertz CT molecular complexity index is 2900. The lowest BCUT2D eigenvalue weighted by Crippen LogP contribution is -2.13. The molecular formula is C52H36N2S. The van der Waals surface area contributed by atoms with Crippen LogP contribution in [0.15, 0.2) is 218 Å². The molecule has 1 heterocycles. The lowest BCUT2D eigenvalue weighted by Gasteiger charge is -2.31. The van der Waals surface area contributed by atoms with Gasteiger partial charge in [0.05, 0.1) is 21.8 Å². The summed E-state index contributed by atoms with van der Waals surface area (Å²) in [6, 6.07) is 78.7. The van der Waals surface area contributed by atoms with Gasteiger partial charge >= 0.3 is 0 Å². The van der Waals surface area contributed by atoms with E-state index in [1.54, 1.807) is 0 Å². The Morgan fingerprint density at radius 1 is 0.309 bits per heavy atom. The molecule has 0 radical (unpaired) electrons. The summed E-state index contributed by atoms with van der Waals surface area (Å²) >= 11 is 1.88. The van der Waals surface area contributed by atoms with Crippen molar-refractivity contribution in [3.63, 3.8) is 0 Å². The molecule has 1 aromatic heterocycles. The van der Waals surface area contributed by atoms with Crippen LogP contribution in [-0.2, 0) is 0 Å². The van der Waals surface area contributed by atoms with Crippen LogP contribution in [0, 0.1) is 0 Å². The first-order valence-corrected chi connectivity index (χ1v) is 19.5. The van der Waals surface area contributed by atoms with Crippen LogP contribution >= 0.6 is 11.3 Å². The molecule has 0 saturated carbocycles. The standard InChI is InChI=1S/C52H36N2S/c1-5-17-37(18-6-1)38-29-32-43(33-30-38)53(41-22-9-3-10-23-41)48-35-34-47(51-50-45-27-14-13-21-40(45)31-36-49(50)55-52(48)51)54(42-24-11-4-12-25-42)46-28-16-15-26-44(46)39-19-7-2-8-20-39/h1-36H. The van der Waals surface area contributed by atoms with Crippen molar-refractivity contribution < 1.29 is 0 Å². The third kappa shape index (κ3) is 5.92. The van der Waals surface area contributed by atoms with Crippen molar-refractivity contribution in [1.29, 1.82) is 0 Å². The highest BCUT2D eigenvalue weighted by atomic mass is 32.1. The number of anilines is 6. The largest absolute Gasteiger partial charge is 0.309 e. The van der Waals surface area contributed by atoms with Crippen LogP contribution in [0.4, 0.5) is 34.1 Å². The molecule has 3 heteroatoms. The molecule has 0 N–H and O–H groups in total. The molecule has 10 aromatic rings. The fourth-order valence-electron chi connectivity index (χ4n) is 7.93. The molecule has 0 spiro atoms. The van der Waals surface area contributed by atoms with E-state index in [9.17, 15) is 0 Å². The number of fused-ring (bicyclic) bond motifs is 5. The minimum Gasteiger partial charge on any atom is -0.309 e. The van der Waals surface area contributed by atoms with E-state index in [0.717, 1.165) is 34.1 Å². The second-order valence-electron chi connectivity index (χ2n) is 13.7. The van der Waals surface area contributed by atoms with Crippen molar-refractivity contribution in [3.8, 4) is 22.3 Å². The van der Waals surface area contributed by atoms with E-state index in [0.29, 0.717) is 0 Å². The Hall–Kier alpha value is -6.94. The molecule has 10 rings (SSSR count). The zero-order chi connectivity index (χ0) is 36.6. The molecule has 55 heavy (non-hydrogen) atoms. The Balaban J connectivity index is 1.28. The number of hydrogen-bond donors (Lipinski definition) is 0. The van der Waals surface area contributed by atoms with Crippen molar-refractivity contribution in [2.24, 2.45) is 0 Å².